The molecule has 0 aliphatic rings. The summed E-state index contributed by atoms with van der Waals surface area (Å²) in [6.45, 7) is 0.530. The van der Waals surface area contributed by atoms with E-state index >= 15 is 0 Å². The number of hydrogen-bond acceptors (Lipinski definition) is 2. The van der Waals surface area contributed by atoms with Gasteiger partial charge in [0.05, 0.1) is 6.61 Å². The number of para-hydroxylation sites is 1. The van der Waals surface area contributed by atoms with Crippen LogP contribution >= 0.6 is 0 Å². The summed E-state index contributed by atoms with van der Waals surface area (Å²) < 4.78 is 5.53. The van der Waals surface area contributed by atoms with Crippen molar-refractivity contribution in [1.82, 2.24) is 0 Å². The first-order chi connectivity index (χ1) is 8.24. The summed E-state index contributed by atoms with van der Waals surface area (Å²) in [5.41, 5.74) is 0.746. The van der Waals surface area contributed by atoms with E-state index in [2.05, 4.69) is 5.92 Å². The Morgan fingerprint density at radius 3 is 2.94 bits per heavy atom. The second-order valence-electron chi connectivity index (χ2n) is 3.37. The van der Waals surface area contributed by atoms with Crippen molar-refractivity contribution in [1.29, 1.82) is 0 Å². The highest BCUT2D eigenvalue weighted by atomic mass is 16.5. The van der Waals surface area contributed by atoms with Gasteiger partial charge in [-0.3, -0.25) is 0 Å². The molecule has 0 atom stereocenters. The normalized spacial score (nSPS) is 10.1. The molecule has 0 heterocycles. The molecule has 0 aliphatic carbocycles. The SMILES string of the molecule is C#CCCCOc1ccccc1/C=C/C(=O)O. The molecule has 0 unspecified atom stereocenters. The lowest BCUT2D eigenvalue weighted by atomic mass is 10.2. The minimum absolute atomic E-state index is 0.530. The molecule has 0 spiro atoms. The Bertz CT molecular complexity index is 441. The predicted molar refractivity (Wildman–Crippen MR) is 66.7 cm³/mol. The van der Waals surface area contributed by atoms with Crippen LogP contribution in [0.3, 0.4) is 0 Å². The number of benzene rings is 1. The van der Waals surface area contributed by atoms with E-state index in [1.54, 1.807) is 12.1 Å². The summed E-state index contributed by atoms with van der Waals surface area (Å²) >= 11 is 0. The van der Waals surface area contributed by atoms with Gasteiger partial charge in [-0.05, 0) is 18.6 Å². The smallest absolute Gasteiger partial charge is 0.328 e. The number of aliphatic carboxylic acids is 1. The standard InChI is InChI=1S/C14H14O3/c1-2-3-6-11-17-13-8-5-4-7-12(13)9-10-14(15)16/h1,4-5,7-10H,3,6,11H2,(H,15,16)/b10-9+. The first-order valence-corrected chi connectivity index (χ1v) is 5.30. The molecule has 0 fully saturated rings. The second-order valence-corrected chi connectivity index (χ2v) is 3.37. The lowest BCUT2D eigenvalue weighted by Gasteiger charge is -2.07. The van der Waals surface area contributed by atoms with Crippen molar-refractivity contribution < 1.29 is 14.6 Å². The first kappa shape index (κ1) is 12.9. The van der Waals surface area contributed by atoms with Crippen molar-refractivity contribution >= 4 is 12.0 Å². The van der Waals surface area contributed by atoms with Gasteiger partial charge in [-0.2, -0.15) is 0 Å². The maximum Gasteiger partial charge on any atom is 0.328 e. The number of carboxylic acid groups (broad SMARTS) is 1. The van der Waals surface area contributed by atoms with Crippen LogP contribution in [0.1, 0.15) is 18.4 Å². The van der Waals surface area contributed by atoms with Crippen molar-refractivity contribution in [3.8, 4) is 18.1 Å². The molecule has 3 nitrogen and oxygen atoms in total. The van der Waals surface area contributed by atoms with Crippen molar-refractivity contribution in [2.45, 2.75) is 12.8 Å². The molecule has 3 heteroatoms. The molecule has 88 valence electrons. The van der Waals surface area contributed by atoms with Gasteiger partial charge in [0.2, 0.25) is 0 Å². The molecule has 0 saturated carbocycles. The van der Waals surface area contributed by atoms with E-state index in [9.17, 15) is 4.79 Å². The van der Waals surface area contributed by atoms with Gasteiger partial charge in [-0.1, -0.05) is 18.2 Å². The van der Waals surface area contributed by atoms with Crippen molar-refractivity contribution in [3.63, 3.8) is 0 Å². The number of ether oxygens (including phenoxy) is 1. The maximum absolute atomic E-state index is 10.4. The monoisotopic (exact) mass is 230 g/mol. The summed E-state index contributed by atoms with van der Waals surface area (Å²) in [6.07, 6.45) is 9.20. The van der Waals surface area contributed by atoms with E-state index in [1.807, 2.05) is 12.1 Å². The minimum atomic E-state index is -0.980. The molecule has 0 aromatic heterocycles. The lowest BCUT2D eigenvalue weighted by Crippen LogP contribution is -1.98. The predicted octanol–water partition coefficient (Wildman–Crippen LogP) is 2.58. The zero-order valence-electron chi connectivity index (χ0n) is 9.43. The fourth-order valence-corrected chi connectivity index (χ4v) is 1.27. The Labute approximate surface area is 101 Å². The quantitative estimate of drug-likeness (QED) is 0.464. The topological polar surface area (TPSA) is 46.5 Å². The third-order valence-corrected chi connectivity index (χ3v) is 2.05. The number of terminal acetylenes is 1. The zero-order chi connectivity index (χ0) is 12.5. The summed E-state index contributed by atoms with van der Waals surface area (Å²) in [7, 11) is 0. The molecule has 1 aromatic rings. The van der Waals surface area contributed by atoms with Crippen LogP contribution in [-0.2, 0) is 4.79 Å². The van der Waals surface area contributed by atoms with Gasteiger partial charge in [-0.15, -0.1) is 12.3 Å². The van der Waals surface area contributed by atoms with Gasteiger partial charge in [-0.25, -0.2) is 4.79 Å². The molecular weight excluding hydrogens is 216 g/mol. The van der Waals surface area contributed by atoms with Crippen LogP contribution in [0.25, 0.3) is 6.08 Å². The molecule has 1 aromatic carbocycles. The van der Waals surface area contributed by atoms with E-state index in [4.69, 9.17) is 16.3 Å². The van der Waals surface area contributed by atoms with E-state index in [0.717, 1.165) is 18.1 Å². The average molecular weight is 230 g/mol. The number of unbranched alkanes of at least 4 members (excludes halogenated alkanes) is 1. The zero-order valence-corrected chi connectivity index (χ0v) is 9.43. The Kier molecular flexibility index (Phi) is 5.39. The van der Waals surface area contributed by atoms with Crippen LogP contribution in [0.4, 0.5) is 0 Å². The molecule has 0 aliphatic heterocycles. The van der Waals surface area contributed by atoms with Crippen molar-refractivity contribution in [2.24, 2.45) is 0 Å². The third kappa shape index (κ3) is 4.89. The lowest BCUT2D eigenvalue weighted by molar-refractivity contribution is -0.131. The Morgan fingerprint density at radius 1 is 1.47 bits per heavy atom. The van der Waals surface area contributed by atoms with Crippen LogP contribution in [-0.4, -0.2) is 17.7 Å². The molecule has 0 radical (unpaired) electrons. The largest absolute Gasteiger partial charge is 0.493 e. The van der Waals surface area contributed by atoms with Gasteiger partial charge in [0, 0.05) is 18.1 Å². The van der Waals surface area contributed by atoms with Crippen molar-refractivity contribution in [3.05, 3.63) is 35.9 Å². The third-order valence-electron chi connectivity index (χ3n) is 2.05. The highest BCUT2D eigenvalue weighted by molar-refractivity contribution is 5.85. The van der Waals surface area contributed by atoms with Crippen LogP contribution in [0.2, 0.25) is 0 Å². The van der Waals surface area contributed by atoms with E-state index < -0.39 is 5.97 Å². The van der Waals surface area contributed by atoms with Crippen LogP contribution in [0.5, 0.6) is 5.75 Å². The minimum Gasteiger partial charge on any atom is -0.493 e. The van der Waals surface area contributed by atoms with E-state index in [-0.39, 0.29) is 0 Å². The molecule has 0 amide bonds. The Hall–Kier alpha value is -2.21. The Morgan fingerprint density at radius 2 is 2.24 bits per heavy atom. The van der Waals surface area contributed by atoms with E-state index in [0.29, 0.717) is 18.8 Å². The maximum atomic E-state index is 10.4. The Balaban J connectivity index is 2.65. The molecule has 0 saturated heterocycles. The number of carboxylic acids is 1. The summed E-state index contributed by atoms with van der Waals surface area (Å²) in [4.78, 5) is 10.4. The van der Waals surface area contributed by atoms with Gasteiger partial charge in [0.1, 0.15) is 5.75 Å². The van der Waals surface area contributed by atoms with Gasteiger partial charge in [0.25, 0.3) is 0 Å². The summed E-state index contributed by atoms with van der Waals surface area (Å²) in [5.74, 6) is 2.23. The highest BCUT2D eigenvalue weighted by Crippen LogP contribution is 2.19. The van der Waals surface area contributed by atoms with Crippen LogP contribution in [0, 0.1) is 12.3 Å². The summed E-state index contributed by atoms with van der Waals surface area (Å²) in [5, 5.41) is 8.56. The molecule has 1 N–H and O–H groups in total. The van der Waals surface area contributed by atoms with Crippen LogP contribution < -0.4 is 4.74 Å². The van der Waals surface area contributed by atoms with Crippen LogP contribution in [0.15, 0.2) is 30.3 Å². The fraction of sp³-hybridized carbons (Fsp3) is 0.214. The number of hydrogen-bond donors (Lipinski definition) is 1. The van der Waals surface area contributed by atoms with Crippen molar-refractivity contribution in [2.75, 3.05) is 6.61 Å². The second kappa shape index (κ2) is 7.13. The van der Waals surface area contributed by atoms with Gasteiger partial charge in [0.15, 0.2) is 0 Å². The van der Waals surface area contributed by atoms with Gasteiger partial charge >= 0.3 is 5.97 Å². The molecular formula is C14H14O3. The molecule has 1 rings (SSSR count). The number of rotatable bonds is 6. The first-order valence-electron chi connectivity index (χ1n) is 5.30. The van der Waals surface area contributed by atoms with E-state index in [1.165, 1.54) is 6.08 Å². The molecule has 17 heavy (non-hydrogen) atoms. The number of carbonyl (C=O) groups is 1. The molecule has 0 bridgehead atoms. The van der Waals surface area contributed by atoms with Gasteiger partial charge < -0.3 is 9.84 Å². The summed E-state index contributed by atoms with van der Waals surface area (Å²) in [6, 6.07) is 7.28. The fourth-order valence-electron chi connectivity index (χ4n) is 1.27. The highest BCUT2D eigenvalue weighted by Gasteiger charge is 1.99. The average Bonchev–Trinajstić information content (AvgIpc) is 2.33.